The van der Waals surface area contributed by atoms with Crippen molar-refractivity contribution in [2.24, 2.45) is 7.05 Å². The Hall–Kier alpha value is -2.18. The van der Waals surface area contributed by atoms with Gasteiger partial charge in [0.2, 0.25) is 12.2 Å². The second-order valence-corrected chi connectivity index (χ2v) is 3.87. The van der Waals surface area contributed by atoms with E-state index in [4.69, 9.17) is 9.26 Å². The zero-order valence-electron chi connectivity index (χ0n) is 10.2. The molecule has 0 saturated heterocycles. The lowest BCUT2D eigenvalue weighted by molar-refractivity contribution is -0.671. The lowest BCUT2D eigenvalue weighted by Gasteiger charge is -2.01. The summed E-state index contributed by atoms with van der Waals surface area (Å²) in [6.45, 7) is 0.876. The molecule has 0 fully saturated rings. The molecule has 2 aromatic heterocycles. The van der Waals surface area contributed by atoms with Crippen molar-refractivity contribution in [2.45, 2.75) is 19.4 Å². The molecule has 0 aliphatic heterocycles. The molecule has 0 spiro atoms. The molecule has 0 atom stereocenters. The fourth-order valence-corrected chi connectivity index (χ4v) is 1.48. The average molecular weight is 251 g/mol. The van der Waals surface area contributed by atoms with Gasteiger partial charge in [0.15, 0.2) is 6.33 Å². The maximum Gasteiger partial charge on any atom is 0.309 e. The van der Waals surface area contributed by atoms with Crippen molar-refractivity contribution < 1.29 is 18.6 Å². The van der Waals surface area contributed by atoms with Crippen LogP contribution in [0.1, 0.15) is 12.3 Å². The highest BCUT2D eigenvalue weighted by molar-refractivity contribution is 5.69. The van der Waals surface area contributed by atoms with E-state index in [1.165, 1.54) is 6.33 Å². The molecule has 2 rings (SSSR count). The van der Waals surface area contributed by atoms with Crippen LogP contribution in [-0.2, 0) is 29.5 Å². The molecular weight excluding hydrogens is 236 g/mol. The molecule has 0 N–H and O–H groups in total. The third-order valence-electron chi connectivity index (χ3n) is 2.38. The number of aromatic nitrogens is 4. The summed E-state index contributed by atoms with van der Waals surface area (Å²) < 4.78 is 13.7. The van der Waals surface area contributed by atoms with Gasteiger partial charge in [-0.3, -0.25) is 4.79 Å². The fourth-order valence-electron chi connectivity index (χ4n) is 1.48. The van der Waals surface area contributed by atoms with E-state index in [1.54, 1.807) is 0 Å². The number of rotatable bonds is 6. The lowest BCUT2D eigenvalue weighted by atomic mass is 10.4. The molecule has 18 heavy (non-hydrogen) atoms. The quantitative estimate of drug-likeness (QED) is 0.528. The first-order chi connectivity index (χ1) is 8.74. The van der Waals surface area contributed by atoms with Gasteiger partial charge in [-0.15, -0.1) is 0 Å². The summed E-state index contributed by atoms with van der Waals surface area (Å²) in [5, 5.41) is 3.47. The zero-order valence-corrected chi connectivity index (χ0v) is 10.2. The number of hydrogen-bond acceptors (Lipinski definition) is 5. The van der Waals surface area contributed by atoms with Crippen molar-refractivity contribution in [3.63, 3.8) is 0 Å². The minimum Gasteiger partial charge on any atom is -0.465 e. The highest BCUT2D eigenvalue weighted by Crippen LogP contribution is 1.96. The van der Waals surface area contributed by atoms with Crippen LogP contribution in [-0.4, -0.2) is 27.3 Å². The number of esters is 1. The Morgan fingerprint density at radius 2 is 2.50 bits per heavy atom. The van der Waals surface area contributed by atoms with Gasteiger partial charge in [0.05, 0.1) is 19.9 Å². The first-order valence-electron chi connectivity index (χ1n) is 5.66. The van der Waals surface area contributed by atoms with Crippen LogP contribution in [0.4, 0.5) is 0 Å². The van der Waals surface area contributed by atoms with Crippen molar-refractivity contribution in [2.75, 3.05) is 6.61 Å². The summed E-state index contributed by atoms with van der Waals surface area (Å²) in [7, 11) is 1.93. The first-order valence-corrected chi connectivity index (χ1v) is 5.66. The minimum absolute atomic E-state index is 0.231. The van der Waals surface area contributed by atoms with E-state index in [0.717, 1.165) is 0 Å². The molecule has 0 amide bonds. The van der Waals surface area contributed by atoms with E-state index in [9.17, 15) is 4.79 Å². The molecule has 7 nitrogen and oxygen atoms in total. The van der Waals surface area contributed by atoms with Gasteiger partial charge in [0.25, 0.3) is 0 Å². The van der Waals surface area contributed by atoms with Gasteiger partial charge >= 0.3 is 5.97 Å². The maximum atomic E-state index is 11.4. The van der Waals surface area contributed by atoms with Crippen molar-refractivity contribution in [3.05, 3.63) is 30.9 Å². The number of carbonyl (C=O) groups is 1. The van der Waals surface area contributed by atoms with E-state index >= 15 is 0 Å². The summed E-state index contributed by atoms with van der Waals surface area (Å²) in [5.41, 5.74) is 0. The van der Waals surface area contributed by atoms with Crippen molar-refractivity contribution in [1.82, 2.24) is 14.7 Å². The van der Waals surface area contributed by atoms with Crippen molar-refractivity contribution in [3.8, 4) is 0 Å². The largest absolute Gasteiger partial charge is 0.465 e. The van der Waals surface area contributed by atoms with Crippen molar-refractivity contribution in [1.29, 1.82) is 0 Å². The normalized spacial score (nSPS) is 10.5. The summed E-state index contributed by atoms with van der Waals surface area (Å²) in [6.07, 6.45) is 7.85. The van der Waals surface area contributed by atoms with Gasteiger partial charge in [-0.1, -0.05) is 5.16 Å². The van der Waals surface area contributed by atoms with Gasteiger partial charge in [-0.25, -0.2) is 9.13 Å². The number of carbonyl (C=O) groups excluding carboxylic acids is 1. The van der Waals surface area contributed by atoms with Crippen LogP contribution in [0.15, 0.2) is 29.6 Å². The van der Waals surface area contributed by atoms with E-state index in [-0.39, 0.29) is 12.6 Å². The number of aryl methyl sites for hydroxylation is 2. The standard InChI is InChI=1S/C11H15N4O3/c1-14-5-6-15(9-14)4-2-11(16)17-7-3-10-12-8-13-18-10/h5-6,8-9H,2-4,7H2,1H3/q+1. The Bertz CT molecular complexity index is 492. The van der Waals surface area contributed by atoms with Gasteiger partial charge in [-0.2, -0.15) is 4.98 Å². The van der Waals surface area contributed by atoms with E-state index in [0.29, 0.717) is 25.3 Å². The van der Waals surface area contributed by atoms with Gasteiger partial charge in [-0.05, 0) is 0 Å². The summed E-state index contributed by atoms with van der Waals surface area (Å²) in [5.74, 6) is 0.242. The second-order valence-electron chi connectivity index (χ2n) is 3.87. The van der Waals surface area contributed by atoms with Gasteiger partial charge < -0.3 is 9.26 Å². The maximum absolute atomic E-state index is 11.4. The monoisotopic (exact) mass is 251 g/mol. The Morgan fingerprint density at radius 1 is 1.61 bits per heavy atom. The molecule has 2 heterocycles. The summed E-state index contributed by atoms with van der Waals surface area (Å²) >= 11 is 0. The molecule has 7 heteroatoms. The topological polar surface area (TPSA) is 74.0 Å². The molecule has 0 bridgehead atoms. The van der Waals surface area contributed by atoms with Gasteiger partial charge in [0.1, 0.15) is 25.5 Å². The molecule has 0 aromatic carbocycles. The summed E-state index contributed by atoms with van der Waals surface area (Å²) in [4.78, 5) is 15.3. The third-order valence-corrected chi connectivity index (χ3v) is 2.38. The van der Waals surface area contributed by atoms with Crippen LogP contribution in [0.25, 0.3) is 0 Å². The van der Waals surface area contributed by atoms with E-state index in [2.05, 4.69) is 10.1 Å². The van der Waals surface area contributed by atoms with Crippen LogP contribution < -0.4 is 4.57 Å². The Morgan fingerprint density at radius 3 is 3.17 bits per heavy atom. The smallest absolute Gasteiger partial charge is 0.309 e. The van der Waals surface area contributed by atoms with Gasteiger partial charge in [0, 0.05) is 0 Å². The molecule has 0 aliphatic rings. The predicted molar refractivity (Wildman–Crippen MR) is 59.2 cm³/mol. The lowest BCUT2D eigenvalue weighted by Crippen LogP contribution is -2.24. The molecule has 0 unspecified atom stereocenters. The predicted octanol–water partition coefficient (Wildman–Crippen LogP) is -0.128. The van der Waals surface area contributed by atoms with Crippen LogP contribution >= 0.6 is 0 Å². The highest BCUT2D eigenvalue weighted by Gasteiger charge is 2.08. The Labute approximate surface area is 104 Å². The Kier molecular flexibility index (Phi) is 4.06. The number of nitrogens with zero attached hydrogens (tertiary/aromatic N) is 4. The third kappa shape index (κ3) is 3.69. The molecule has 2 aromatic rings. The molecular formula is C11H15N4O3+. The number of imidazole rings is 1. The number of hydrogen-bond donors (Lipinski definition) is 0. The highest BCUT2D eigenvalue weighted by atomic mass is 16.5. The second kappa shape index (κ2) is 5.95. The molecule has 96 valence electrons. The molecule has 0 aliphatic carbocycles. The fraction of sp³-hybridized carbons (Fsp3) is 0.455. The Balaban J connectivity index is 1.63. The van der Waals surface area contributed by atoms with E-state index in [1.807, 2.05) is 34.9 Å². The van der Waals surface area contributed by atoms with Crippen molar-refractivity contribution >= 4 is 5.97 Å². The molecule has 0 saturated carbocycles. The van der Waals surface area contributed by atoms with Crippen LogP contribution in [0, 0.1) is 0 Å². The van der Waals surface area contributed by atoms with Crippen LogP contribution in [0.5, 0.6) is 0 Å². The zero-order chi connectivity index (χ0) is 12.8. The van der Waals surface area contributed by atoms with Crippen LogP contribution in [0.3, 0.4) is 0 Å². The first kappa shape index (κ1) is 12.3. The number of ether oxygens (including phenoxy) is 1. The summed E-state index contributed by atoms with van der Waals surface area (Å²) in [6, 6.07) is 0. The van der Waals surface area contributed by atoms with E-state index < -0.39 is 0 Å². The SMILES string of the molecule is C[n+]1ccn(CCC(=O)OCCc2ncno2)c1. The van der Waals surface area contributed by atoms with Crippen LogP contribution in [0.2, 0.25) is 0 Å². The minimum atomic E-state index is -0.231. The average Bonchev–Trinajstić information content (AvgIpc) is 2.98. The molecule has 0 radical (unpaired) electrons.